The van der Waals surface area contributed by atoms with Crippen LogP contribution in [0.1, 0.15) is 24.7 Å². The van der Waals surface area contributed by atoms with Crippen molar-refractivity contribution in [2.45, 2.75) is 26.3 Å². The van der Waals surface area contributed by atoms with Crippen molar-refractivity contribution in [2.24, 2.45) is 5.92 Å². The van der Waals surface area contributed by atoms with Crippen LogP contribution in [0.25, 0.3) is 11.3 Å². The molecule has 170 valence electrons. The molecular formula is C24H24FN5O3. The molecule has 0 radical (unpaired) electrons. The van der Waals surface area contributed by atoms with Crippen LogP contribution in [0, 0.1) is 11.7 Å². The number of methoxy groups -OCH3 is 1. The second-order valence-corrected chi connectivity index (χ2v) is 7.90. The number of hydrogen-bond acceptors (Lipinski definition) is 5. The third kappa shape index (κ3) is 5.08. The van der Waals surface area contributed by atoms with Gasteiger partial charge in [-0.05, 0) is 41.8 Å². The molecule has 0 fully saturated rings. The molecule has 1 amide bonds. The number of ether oxygens (including phenoxy) is 1. The molecule has 0 spiro atoms. The van der Waals surface area contributed by atoms with E-state index in [0.29, 0.717) is 30.9 Å². The van der Waals surface area contributed by atoms with Crippen molar-refractivity contribution in [3.63, 3.8) is 0 Å². The molecule has 0 aliphatic heterocycles. The Morgan fingerprint density at radius 1 is 1.15 bits per heavy atom. The van der Waals surface area contributed by atoms with E-state index < -0.39 is 11.4 Å². The molecule has 9 heteroatoms. The summed E-state index contributed by atoms with van der Waals surface area (Å²) >= 11 is 0. The number of amides is 1. The number of halogens is 1. The number of nitrogens with one attached hydrogen (secondary N) is 1. The Kier molecular flexibility index (Phi) is 6.48. The molecule has 8 nitrogen and oxygen atoms in total. The summed E-state index contributed by atoms with van der Waals surface area (Å²) in [5, 5.41) is 11.1. The van der Waals surface area contributed by atoms with E-state index in [2.05, 4.69) is 15.5 Å². The monoisotopic (exact) mass is 449 g/mol. The number of carbonyl (C=O) groups excluding carboxylic acids is 1. The number of fused-ring (bicyclic) bond motifs is 1. The van der Waals surface area contributed by atoms with E-state index in [9.17, 15) is 14.0 Å². The van der Waals surface area contributed by atoms with Gasteiger partial charge in [-0.15, -0.1) is 10.2 Å². The molecule has 33 heavy (non-hydrogen) atoms. The Hall–Kier alpha value is -4.01. The Balaban J connectivity index is 1.41. The lowest BCUT2D eigenvalue weighted by Gasteiger charge is -2.12. The minimum atomic E-state index is -0.431. The maximum absolute atomic E-state index is 13.5. The zero-order valence-corrected chi connectivity index (χ0v) is 18.4. The van der Waals surface area contributed by atoms with Gasteiger partial charge in [-0.3, -0.25) is 18.6 Å². The zero-order valence-electron chi connectivity index (χ0n) is 18.4. The zero-order chi connectivity index (χ0) is 23.4. The number of carbonyl (C=O) groups is 1. The van der Waals surface area contributed by atoms with Crippen LogP contribution >= 0.6 is 0 Å². The van der Waals surface area contributed by atoms with E-state index >= 15 is 0 Å². The third-order valence-electron chi connectivity index (χ3n) is 5.32. The van der Waals surface area contributed by atoms with Crippen LogP contribution in [-0.2, 0) is 17.8 Å². The summed E-state index contributed by atoms with van der Waals surface area (Å²) in [6.07, 6.45) is 4.01. The summed E-state index contributed by atoms with van der Waals surface area (Å²) in [5.41, 5.74) is 1.11. The summed E-state index contributed by atoms with van der Waals surface area (Å²) in [6, 6.07) is 13.3. The van der Waals surface area contributed by atoms with Crippen molar-refractivity contribution in [3.05, 3.63) is 88.5 Å². The van der Waals surface area contributed by atoms with Crippen LogP contribution in [0.15, 0.2) is 65.7 Å². The molecule has 1 unspecified atom stereocenters. The fourth-order valence-electron chi connectivity index (χ4n) is 3.66. The van der Waals surface area contributed by atoms with E-state index in [0.717, 1.165) is 11.3 Å². The standard InChI is InChI=1S/C24H24FN5O3/c1-16(12-22(31)26-15-17-5-3-8-20(13-17)33-2)11-21-27-28-23-24(32)29(9-10-30(21)23)19-7-4-6-18(25)14-19/h3-10,13-14,16H,11-12,15H2,1-2H3,(H,26,31). The van der Waals surface area contributed by atoms with Gasteiger partial charge in [-0.2, -0.15) is 0 Å². The molecule has 0 saturated carbocycles. The third-order valence-corrected chi connectivity index (χ3v) is 5.32. The molecule has 1 N–H and O–H groups in total. The molecule has 2 aromatic carbocycles. The van der Waals surface area contributed by atoms with Gasteiger partial charge in [-0.1, -0.05) is 25.1 Å². The van der Waals surface area contributed by atoms with E-state index in [-0.39, 0.29) is 17.5 Å². The topological polar surface area (TPSA) is 90.5 Å². The normalized spacial score (nSPS) is 12.0. The first-order chi connectivity index (χ1) is 15.9. The van der Waals surface area contributed by atoms with Crippen LogP contribution in [0.4, 0.5) is 4.39 Å². The smallest absolute Gasteiger partial charge is 0.300 e. The molecule has 2 heterocycles. The highest BCUT2D eigenvalue weighted by molar-refractivity contribution is 5.76. The average Bonchev–Trinajstić information content (AvgIpc) is 3.21. The first kappa shape index (κ1) is 22.2. The van der Waals surface area contributed by atoms with Crippen molar-refractivity contribution in [1.29, 1.82) is 0 Å². The summed E-state index contributed by atoms with van der Waals surface area (Å²) in [4.78, 5) is 25.2. The fourth-order valence-corrected chi connectivity index (χ4v) is 3.66. The number of aromatic nitrogens is 4. The van der Waals surface area contributed by atoms with Crippen molar-refractivity contribution in [3.8, 4) is 11.4 Å². The quantitative estimate of drug-likeness (QED) is 0.447. The Bertz CT molecular complexity index is 1350. The molecule has 0 saturated heterocycles. The fraction of sp³-hybridized carbons (Fsp3) is 0.250. The number of hydrogen-bond donors (Lipinski definition) is 1. The molecular weight excluding hydrogens is 425 g/mol. The lowest BCUT2D eigenvalue weighted by Crippen LogP contribution is -2.25. The van der Waals surface area contributed by atoms with Crippen molar-refractivity contribution < 1.29 is 13.9 Å². The van der Waals surface area contributed by atoms with Crippen LogP contribution in [0.3, 0.4) is 0 Å². The Morgan fingerprint density at radius 2 is 1.97 bits per heavy atom. The molecule has 0 aliphatic carbocycles. The van der Waals surface area contributed by atoms with Crippen LogP contribution in [-0.4, -0.2) is 32.2 Å². The van der Waals surface area contributed by atoms with Gasteiger partial charge in [-0.25, -0.2) is 4.39 Å². The molecule has 4 rings (SSSR count). The largest absolute Gasteiger partial charge is 0.497 e. The number of rotatable bonds is 8. The van der Waals surface area contributed by atoms with E-state index in [1.807, 2.05) is 31.2 Å². The molecule has 0 bridgehead atoms. The van der Waals surface area contributed by atoms with Gasteiger partial charge in [0.15, 0.2) is 0 Å². The first-order valence-corrected chi connectivity index (χ1v) is 10.6. The minimum absolute atomic E-state index is 0.0200. The summed E-state index contributed by atoms with van der Waals surface area (Å²) < 4.78 is 21.7. The lowest BCUT2D eigenvalue weighted by molar-refractivity contribution is -0.122. The second-order valence-electron chi connectivity index (χ2n) is 7.90. The summed E-state index contributed by atoms with van der Waals surface area (Å²) in [6.45, 7) is 2.36. The van der Waals surface area contributed by atoms with Gasteiger partial charge < -0.3 is 10.1 Å². The second kappa shape index (κ2) is 9.64. The average molecular weight is 449 g/mol. The maximum Gasteiger partial charge on any atom is 0.300 e. The molecule has 4 aromatic rings. The van der Waals surface area contributed by atoms with Crippen molar-refractivity contribution >= 4 is 11.6 Å². The number of nitrogens with zero attached hydrogens (tertiary/aromatic N) is 4. The van der Waals surface area contributed by atoms with E-state index in [1.54, 1.807) is 30.0 Å². The highest BCUT2D eigenvalue weighted by atomic mass is 19.1. The van der Waals surface area contributed by atoms with E-state index in [1.165, 1.54) is 22.8 Å². The molecule has 2 aromatic heterocycles. The van der Waals surface area contributed by atoms with Gasteiger partial charge in [0.05, 0.1) is 12.8 Å². The molecule has 0 aliphatic rings. The van der Waals surface area contributed by atoms with Crippen LogP contribution in [0.5, 0.6) is 5.75 Å². The summed E-state index contributed by atoms with van der Waals surface area (Å²) in [7, 11) is 1.60. The summed E-state index contributed by atoms with van der Waals surface area (Å²) in [5.74, 6) is 0.799. The SMILES string of the molecule is COc1cccc(CNC(=O)CC(C)Cc2nnc3c(=O)n(-c4cccc(F)c4)ccn23)c1. The predicted molar refractivity (Wildman–Crippen MR) is 121 cm³/mol. The van der Waals surface area contributed by atoms with Gasteiger partial charge >= 0.3 is 5.56 Å². The minimum Gasteiger partial charge on any atom is -0.497 e. The van der Waals surface area contributed by atoms with Gasteiger partial charge in [0.25, 0.3) is 0 Å². The van der Waals surface area contributed by atoms with Gasteiger partial charge in [0.2, 0.25) is 11.6 Å². The first-order valence-electron chi connectivity index (χ1n) is 10.6. The van der Waals surface area contributed by atoms with Crippen molar-refractivity contribution in [2.75, 3.05) is 7.11 Å². The van der Waals surface area contributed by atoms with E-state index in [4.69, 9.17) is 4.74 Å². The van der Waals surface area contributed by atoms with Crippen LogP contribution < -0.4 is 15.6 Å². The Labute approximate surface area is 189 Å². The van der Waals surface area contributed by atoms with Crippen molar-refractivity contribution in [1.82, 2.24) is 24.5 Å². The van der Waals surface area contributed by atoms with Gasteiger partial charge in [0, 0.05) is 31.8 Å². The van der Waals surface area contributed by atoms with Crippen LogP contribution in [0.2, 0.25) is 0 Å². The highest BCUT2D eigenvalue weighted by Gasteiger charge is 2.16. The molecule has 1 atom stereocenters. The maximum atomic E-state index is 13.5. The predicted octanol–water partition coefficient (Wildman–Crippen LogP) is 2.91. The number of benzene rings is 2. The lowest BCUT2D eigenvalue weighted by atomic mass is 10.0. The Morgan fingerprint density at radius 3 is 2.76 bits per heavy atom. The highest BCUT2D eigenvalue weighted by Crippen LogP contribution is 2.14. The van der Waals surface area contributed by atoms with Gasteiger partial charge in [0.1, 0.15) is 17.4 Å².